The van der Waals surface area contributed by atoms with Crippen LogP contribution in [-0.4, -0.2) is 29.0 Å². The number of sulfonamides is 1. The Bertz CT molecular complexity index is 1030. The van der Waals surface area contributed by atoms with Gasteiger partial charge in [0.2, 0.25) is 15.9 Å². The van der Waals surface area contributed by atoms with Gasteiger partial charge in [-0.05, 0) is 37.3 Å². The third kappa shape index (κ3) is 4.01. The van der Waals surface area contributed by atoms with Gasteiger partial charge in [-0.3, -0.25) is 9.20 Å². The summed E-state index contributed by atoms with van der Waals surface area (Å²) in [6.07, 6.45) is 3.62. The molecule has 0 aliphatic carbocycles. The van der Waals surface area contributed by atoms with Gasteiger partial charge in [-0.1, -0.05) is 23.9 Å². The Kier molecular flexibility index (Phi) is 4.80. The van der Waals surface area contributed by atoms with Crippen LogP contribution in [0.25, 0.3) is 5.52 Å². The van der Waals surface area contributed by atoms with E-state index in [-0.39, 0.29) is 10.8 Å². The van der Waals surface area contributed by atoms with Gasteiger partial charge in [-0.25, -0.2) is 18.5 Å². The number of imidazole rings is 1. The molecule has 0 fully saturated rings. The van der Waals surface area contributed by atoms with Crippen molar-refractivity contribution >= 4 is 38.9 Å². The molecule has 0 spiro atoms. The van der Waals surface area contributed by atoms with Crippen LogP contribution in [0.3, 0.4) is 0 Å². The molecule has 1 aromatic carbocycles. The van der Waals surface area contributed by atoms with Crippen molar-refractivity contribution in [2.75, 3.05) is 5.32 Å². The number of nitrogens with two attached hydrogens (primary N) is 1. The number of nitrogens with one attached hydrogen (secondary N) is 1. The summed E-state index contributed by atoms with van der Waals surface area (Å²) in [5.74, 6) is -0.260. The van der Waals surface area contributed by atoms with Crippen LogP contribution in [0.4, 0.5) is 5.69 Å². The molecule has 2 heterocycles. The zero-order chi connectivity index (χ0) is 18.0. The maximum Gasteiger partial charge on any atom is 0.238 e. The number of amides is 1. The van der Waals surface area contributed by atoms with E-state index in [0.717, 1.165) is 5.52 Å². The molecule has 0 aliphatic rings. The van der Waals surface area contributed by atoms with Crippen LogP contribution in [-0.2, 0) is 14.8 Å². The van der Waals surface area contributed by atoms with Crippen molar-refractivity contribution in [1.29, 1.82) is 0 Å². The molecule has 3 aromatic rings. The number of rotatable bonds is 5. The van der Waals surface area contributed by atoms with Gasteiger partial charge in [0.15, 0.2) is 5.16 Å². The third-order valence-electron chi connectivity index (χ3n) is 3.49. The summed E-state index contributed by atoms with van der Waals surface area (Å²) < 4.78 is 24.7. The van der Waals surface area contributed by atoms with Gasteiger partial charge in [-0.2, -0.15) is 0 Å². The summed E-state index contributed by atoms with van der Waals surface area (Å²) in [5, 5.41) is 8.08. The number of fused-ring (bicyclic) bond motifs is 1. The van der Waals surface area contributed by atoms with E-state index in [1.807, 2.05) is 28.8 Å². The van der Waals surface area contributed by atoms with Crippen molar-refractivity contribution in [3.8, 4) is 0 Å². The minimum Gasteiger partial charge on any atom is -0.325 e. The number of carbonyl (C=O) groups excluding carboxylic acids is 1. The molecule has 3 N–H and O–H groups in total. The second-order valence-corrected chi connectivity index (χ2v) is 8.23. The number of hydrogen-bond acceptors (Lipinski definition) is 5. The van der Waals surface area contributed by atoms with Crippen molar-refractivity contribution in [3.05, 3.63) is 54.9 Å². The Labute approximate surface area is 149 Å². The van der Waals surface area contributed by atoms with Gasteiger partial charge in [-0.15, -0.1) is 0 Å². The molecule has 7 nitrogen and oxygen atoms in total. The summed E-state index contributed by atoms with van der Waals surface area (Å²) in [6, 6.07) is 11.6. The summed E-state index contributed by atoms with van der Waals surface area (Å²) in [7, 11) is -3.82. The average Bonchev–Trinajstić information content (AvgIpc) is 2.97. The van der Waals surface area contributed by atoms with E-state index < -0.39 is 15.3 Å². The number of pyridine rings is 1. The summed E-state index contributed by atoms with van der Waals surface area (Å²) in [6.45, 7) is 1.76. The lowest BCUT2D eigenvalue weighted by atomic mass is 10.3. The van der Waals surface area contributed by atoms with Gasteiger partial charge >= 0.3 is 0 Å². The van der Waals surface area contributed by atoms with Crippen molar-refractivity contribution in [2.24, 2.45) is 5.14 Å². The largest absolute Gasteiger partial charge is 0.325 e. The fraction of sp³-hybridized carbons (Fsp3) is 0.125. The van der Waals surface area contributed by atoms with Gasteiger partial charge in [0.1, 0.15) is 0 Å². The molecule has 0 aliphatic heterocycles. The second-order valence-electron chi connectivity index (χ2n) is 5.36. The minimum absolute atomic E-state index is 0.0511. The first kappa shape index (κ1) is 17.5. The number of benzene rings is 1. The van der Waals surface area contributed by atoms with Crippen LogP contribution in [0, 0.1) is 0 Å². The highest BCUT2D eigenvalue weighted by atomic mass is 32.2. The van der Waals surface area contributed by atoms with E-state index in [1.54, 1.807) is 19.2 Å². The molecule has 1 unspecified atom stereocenters. The Morgan fingerprint density at radius 3 is 2.84 bits per heavy atom. The number of hydrogen-bond donors (Lipinski definition) is 2. The van der Waals surface area contributed by atoms with E-state index in [0.29, 0.717) is 10.8 Å². The van der Waals surface area contributed by atoms with Crippen LogP contribution in [0.1, 0.15) is 6.92 Å². The number of nitrogens with zero attached hydrogens (tertiary/aromatic N) is 2. The molecule has 130 valence electrons. The van der Waals surface area contributed by atoms with E-state index in [1.165, 1.54) is 30.0 Å². The second kappa shape index (κ2) is 6.87. The van der Waals surface area contributed by atoms with Crippen molar-refractivity contribution in [2.45, 2.75) is 22.2 Å². The number of thioether (sulfide) groups is 1. The Hall–Kier alpha value is -2.36. The molecule has 0 saturated carbocycles. The summed E-state index contributed by atoms with van der Waals surface area (Å²) in [4.78, 5) is 16.7. The molecular weight excluding hydrogens is 360 g/mol. The van der Waals surface area contributed by atoms with E-state index in [2.05, 4.69) is 10.3 Å². The number of aromatic nitrogens is 2. The van der Waals surface area contributed by atoms with Crippen LogP contribution in [0.15, 0.2) is 64.9 Å². The number of carbonyl (C=O) groups is 1. The highest BCUT2D eigenvalue weighted by Gasteiger charge is 2.18. The lowest BCUT2D eigenvalue weighted by molar-refractivity contribution is -0.115. The van der Waals surface area contributed by atoms with Crippen molar-refractivity contribution in [3.63, 3.8) is 0 Å². The molecular formula is C16H16N4O3S2. The molecule has 1 amide bonds. The zero-order valence-corrected chi connectivity index (χ0v) is 14.9. The average molecular weight is 376 g/mol. The lowest BCUT2D eigenvalue weighted by Gasteiger charge is -2.12. The predicted molar refractivity (Wildman–Crippen MR) is 97.0 cm³/mol. The fourth-order valence-electron chi connectivity index (χ4n) is 2.21. The zero-order valence-electron chi connectivity index (χ0n) is 13.3. The highest BCUT2D eigenvalue weighted by molar-refractivity contribution is 8.00. The highest BCUT2D eigenvalue weighted by Crippen LogP contribution is 2.24. The van der Waals surface area contributed by atoms with Gasteiger partial charge in [0.25, 0.3) is 0 Å². The van der Waals surface area contributed by atoms with E-state index in [4.69, 9.17) is 5.14 Å². The van der Waals surface area contributed by atoms with Gasteiger partial charge < -0.3 is 5.32 Å². The number of anilines is 1. The smallest absolute Gasteiger partial charge is 0.238 e. The molecule has 3 rings (SSSR count). The minimum atomic E-state index is -3.82. The molecule has 0 saturated heterocycles. The normalized spacial score (nSPS) is 12.9. The van der Waals surface area contributed by atoms with Crippen molar-refractivity contribution < 1.29 is 13.2 Å². The van der Waals surface area contributed by atoms with E-state index >= 15 is 0 Å². The molecule has 25 heavy (non-hydrogen) atoms. The molecule has 1 atom stereocenters. The monoisotopic (exact) mass is 376 g/mol. The number of primary sulfonamides is 1. The lowest BCUT2D eigenvalue weighted by Crippen LogP contribution is -2.23. The quantitative estimate of drug-likeness (QED) is 0.663. The van der Waals surface area contributed by atoms with Crippen LogP contribution in [0.2, 0.25) is 0 Å². The maximum atomic E-state index is 12.4. The Balaban J connectivity index is 1.73. The summed E-state index contributed by atoms with van der Waals surface area (Å²) in [5.41, 5.74) is 1.32. The first-order valence-corrected chi connectivity index (χ1v) is 9.80. The fourth-order valence-corrected chi connectivity index (χ4v) is 3.65. The first-order valence-electron chi connectivity index (χ1n) is 7.37. The first-order chi connectivity index (χ1) is 11.8. The van der Waals surface area contributed by atoms with Crippen molar-refractivity contribution in [1.82, 2.24) is 9.38 Å². The SMILES string of the molecule is CC(Sc1ncc2ccccn12)C(=O)Nc1cccc(S(N)(=O)=O)c1. The predicted octanol–water partition coefficient (Wildman–Crippen LogP) is 2.10. The third-order valence-corrected chi connectivity index (χ3v) is 5.48. The van der Waals surface area contributed by atoms with Gasteiger partial charge in [0.05, 0.1) is 21.9 Å². The van der Waals surface area contributed by atoms with Gasteiger partial charge in [0, 0.05) is 11.9 Å². The molecule has 9 heteroatoms. The molecule has 0 radical (unpaired) electrons. The van der Waals surface area contributed by atoms with Crippen LogP contribution < -0.4 is 10.5 Å². The van der Waals surface area contributed by atoms with E-state index in [9.17, 15) is 13.2 Å². The molecule has 2 aromatic heterocycles. The van der Waals surface area contributed by atoms with Crippen LogP contribution in [0.5, 0.6) is 0 Å². The van der Waals surface area contributed by atoms with Crippen LogP contribution >= 0.6 is 11.8 Å². The standard InChI is InChI=1S/C16H16N4O3S2/c1-11(24-16-18-10-13-6-2-3-8-20(13)16)15(21)19-12-5-4-7-14(9-12)25(17,22)23/h2-11H,1H3,(H,19,21)(H2,17,22,23). The topological polar surface area (TPSA) is 107 Å². The Morgan fingerprint density at radius 1 is 1.28 bits per heavy atom. The maximum absolute atomic E-state index is 12.4. The summed E-state index contributed by atoms with van der Waals surface area (Å²) >= 11 is 1.31. The molecule has 0 bridgehead atoms. The Morgan fingerprint density at radius 2 is 2.08 bits per heavy atom.